The third kappa shape index (κ3) is 4.22. The Morgan fingerprint density at radius 1 is 0.647 bits per heavy atom. The van der Waals surface area contributed by atoms with E-state index in [9.17, 15) is 9.90 Å². The van der Waals surface area contributed by atoms with Crippen molar-refractivity contribution in [1.82, 2.24) is 19.9 Å². The SMILES string of the molecule is O=C(O)c1ccc(-c2cc3cc4nc(cc5ccc(cc6nc(cc2[nH]3)C=C6)[nH]5)C=C4)cc1.[Co]. The molecule has 6 rings (SSSR count). The molecule has 1 aromatic carbocycles. The van der Waals surface area contributed by atoms with Gasteiger partial charge in [0.25, 0.3) is 0 Å². The standard InChI is InChI=1S/C27H18N4O2.Co/c32-27(33)17-3-1-16(2-4-17)25-14-24-13-22-8-7-20(29-22)11-18-5-6-19(28-18)12-21-9-10-23(30-21)15-26(25)31-24;/h1-15,28,31H,(H,32,33);. The average Bonchev–Trinajstić information content (AvgIpc) is 3.59. The van der Waals surface area contributed by atoms with Crippen LogP contribution in [0.25, 0.3) is 57.5 Å². The number of H-pyrrole nitrogens is 2. The minimum atomic E-state index is -0.942. The third-order valence-electron chi connectivity index (χ3n) is 5.61. The van der Waals surface area contributed by atoms with Crippen molar-refractivity contribution < 1.29 is 26.7 Å². The van der Waals surface area contributed by atoms with Crippen molar-refractivity contribution in [3.8, 4) is 11.1 Å². The van der Waals surface area contributed by atoms with Gasteiger partial charge in [0.2, 0.25) is 0 Å². The second-order valence-electron chi connectivity index (χ2n) is 7.97. The molecule has 4 aromatic rings. The maximum Gasteiger partial charge on any atom is 0.335 e. The first-order valence-electron chi connectivity index (χ1n) is 10.5. The van der Waals surface area contributed by atoms with Gasteiger partial charge in [-0.3, -0.25) is 0 Å². The van der Waals surface area contributed by atoms with E-state index < -0.39 is 5.97 Å². The molecule has 1 radical (unpaired) electrons. The first-order chi connectivity index (χ1) is 16.1. The maximum atomic E-state index is 11.2. The zero-order valence-electron chi connectivity index (χ0n) is 17.7. The summed E-state index contributed by atoms with van der Waals surface area (Å²) in [5.41, 5.74) is 9.29. The molecule has 0 saturated carbocycles. The Kier molecular flexibility index (Phi) is 5.49. The first-order valence-corrected chi connectivity index (χ1v) is 10.5. The van der Waals surface area contributed by atoms with Gasteiger partial charge < -0.3 is 15.1 Å². The van der Waals surface area contributed by atoms with Gasteiger partial charge in [0.05, 0.1) is 28.3 Å². The van der Waals surface area contributed by atoms with Gasteiger partial charge >= 0.3 is 5.97 Å². The van der Waals surface area contributed by atoms with Crippen LogP contribution in [0.2, 0.25) is 0 Å². The number of aromatic nitrogens is 4. The van der Waals surface area contributed by atoms with Crippen LogP contribution in [-0.4, -0.2) is 31.0 Å². The summed E-state index contributed by atoms with van der Waals surface area (Å²) in [6.07, 6.45) is 7.93. The van der Waals surface area contributed by atoms with Crippen molar-refractivity contribution in [2.75, 3.05) is 0 Å². The average molecular weight is 489 g/mol. The molecule has 34 heavy (non-hydrogen) atoms. The van der Waals surface area contributed by atoms with E-state index in [-0.39, 0.29) is 22.3 Å². The Labute approximate surface area is 205 Å². The molecule has 2 aliphatic rings. The Bertz CT molecular complexity index is 1640. The van der Waals surface area contributed by atoms with Crippen LogP contribution in [-0.2, 0) is 16.8 Å². The molecule has 3 N–H and O–H groups in total. The molecular formula is C27H18CoN4O2. The summed E-state index contributed by atoms with van der Waals surface area (Å²) in [5.74, 6) is -0.942. The fraction of sp³-hybridized carbons (Fsp3) is 0. The van der Waals surface area contributed by atoms with E-state index >= 15 is 0 Å². The fourth-order valence-electron chi connectivity index (χ4n) is 4.05. The molecule has 0 fully saturated rings. The van der Waals surface area contributed by atoms with Gasteiger partial charge in [-0.05, 0) is 84.5 Å². The Morgan fingerprint density at radius 3 is 1.74 bits per heavy atom. The van der Waals surface area contributed by atoms with Gasteiger partial charge in [0.15, 0.2) is 0 Å². The van der Waals surface area contributed by atoms with Crippen LogP contribution in [0.5, 0.6) is 0 Å². The Morgan fingerprint density at radius 2 is 1.18 bits per heavy atom. The summed E-state index contributed by atoms with van der Waals surface area (Å²) in [5, 5.41) is 9.23. The molecule has 2 aliphatic heterocycles. The van der Waals surface area contributed by atoms with E-state index in [1.54, 1.807) is 12.1 Å². The molecule has 6 nitrogen and oxygen atoms in total. The van der Waals surface area contributed by atoms with Crippen LogP contribution in [0.4, 0.5) is 0 Å². The molecule has 0 unspecified atom stereocenters. The number of hydrogen-bond donors (Lipinski definition) is 3. The molecule has 167 valence electrons. The summed E-state index contributed by atoms with van der Waals surface area (Å²) in [6, 6.07) is 21.0. The number of nitrogens with zero attached hydrogens (tertiary/aromatic N) is 2. The smallest absolute Gasteiger partial charge is 0.335 e. The largest absolute Gasteiger partial charge is 0.478 e. The Hall–Kier alpha value is -4.20. The molecule has 8 bridgehead atoms. The van der Waals surface area contributed by atoms with E-state index in [1.807, 2.05) is 78.9 Å². The number of carboxylic acids is 1. The molecule has 0 spiro atoms. The van der Waals surface area contributed by atoms with Crippen LogP contribution < -0.4 is 0 Å². The quantitative estimate of drug-likeness (QED) is 0.277. The van der Waals surface area contributed by atoms with E-state index in [2.05, 4.69) is 9.97 Å². The van der Waals surface area contributed by atoms with Crippen molar-refractivity contribution in [3.63, 3.8) is 0 Å². The number of rotatable bonds is 2. The molecule has 7 heteroatoms. The van der Waals surface area contributed by atoms with E-state index in [0.717, 1.165) is 56.0 Å². The summed E-state index contributed by atoms with van der Waals surface area (Å²) >= 11 is 0. The molecule has 5 heterocycles. The number of aromatic carboxylic acids is 1. The summed E-state index contributed by atoms with van der Waals surface area (Å²) in [7, 11) is 0. The van der Waals surface area contributed by atoms with Gasteiger partial charge in [0, 0.05) is 44.4 Å². The van der Waals surface area contributed by atoms with Gasteiger partial charge in [-0.15, -0.1) is 0 Å². The van der Waals surface area contributed by atoms with Crippen LogP contribution in [0.3, 0.4) is 0 Å². The van der Waals surface area contributed by atoms with E-state index in [1.165, 1.54) is 0 Å². The molecular weight excluding hydrogens is 471 g/mol. The second kappa shape index (κ2) is 8.62. The maximum absolute atomic E-state index is 11.2. The topological polar surface area (TPSA) is 94.7 Å². The number of nitrogens with one attached hydrogen (secondary N) is 2. The monoisotopic (exact) mass is 489 g/mol. The summed E-state index contributed by atoms with van der Waals surface area (Å²) in [4.78, 5) is 27.5. The molecule has 0 aliphatic carbocycles. The second-order valence-corrected chi connectivity index (χ2v) is 7.97. The minimum Gasteiger partial charge on any atom is -0.478 e. The van der Waals surface area contributed by atoms with Crippen LogP contribution in [0.15, 0.2) is 66.7 Å². The predicted molar refractivity (Wildman–Crippen MR) is 131 cm³/mol. The summed E-state index contributed by atoms with van der Waals surface area (Å²) in [6.45, 7) is 0. The van der Waals surface area contributed by atoms with E-state index in [0.29, 0.717) is 0 Å². The minimum absolute atomic E-state index is 0. The van der Waals surface area contributed by atoms with Crippen LogP contribution in [0.1, 0.15) is 33.1 Å². The number of aromatic amines is 2. The number of hydrogen-bond acceptors (Lipinski definition) is 3. The normalized spacial score (nSPS) is 11.9. The van der Waals surface area contributed by atoms with E-state index in [4.69, 9.17) is 9.97 Å². The van der Waals surface area contributed by atoms with Crippen molar-refractivity contribution in [2.24, 2.45) is 0 Å². The van der Waals surface area contributed by atoms with Crippen molar-refractivity contribution in [1.29, 1.82) is 0 Å². The number of fused-ring (bicyclic) bond motifs is 8. The van der Waals surface area contributed by atoms with Crippen LogP contribution in [0, 0.1) is 0 Å². The zero-order valence-corrected chi connectivity index (χ0v) is 18.8. The van der Waals surface area contributed by atoms with Gasteiger partial charge in [-0.2, -0.15) is 0 Å². The van der Waals surface area contributed by atoms with Gasteiger partial charge in [-0.1, -0.05) is 12.1 Å². The predicted octanol–water partition coefficient (Wildman–Crippen LogP) is 6.02. The van der Waals surface area contributed by atoms with Gasteiger partial charge in [-0.25, -0.2) is 14.8 Å². The first kappa shape index (κ1) is 21.6. The molecule has 0 amide bonds. The van der Waals surface area contributed by atoms with Crippen LogP contribution >= 0.6 is 0 Å². The number of benzene rings is 1. The fourth-order valence-corrected chi connectivity index (χ4v) is 4.05. The van der Waals surface area contributed by atoms with Gasteiger partial charge in [0.1, 0.15) is 0 Å². The Balaban J connectivity index is 0.00000241. The number of carboxylic acid groups (broad SMARTS) is 1. The molecule has 0 saturated heterocycles. The van der Waals surface area contributed by atoms with Crippen molar-refractivity contribution >= 4 is 52.3 Å². The number of carbonyl (C=O) groups is 1. The van der Waals surface area contributed by atoms with Crippen molar-refractivity contribution in [2.45, 2.75) is 0 Å². The molecule has 3 aromatic heterocycles. The van der Waals surface area contributed by atoms with Crippen molar-refractivity contribution in [3.05, 3.63) is 95.1 Å². The third-order valence-corrected chi connectivity index (χ3v) is 5.61. The zero-order chi connectivity index (χ0) is 22.4. The summed E-state index contributed by atoms with van der Waals surface area (Å²) < 4.78 is 0. The molecule has 0 atom stereocenters.